The van der Waals surface area contributed by atoms with Gasteiger partial charge < -0.3 is 10.5 Å². The van der Waals surface area contributed by atoms with Crippen molar-refractivity contribution in [2.75, 3.05) is 0 Å². The average molecular weight is 452 g/mol. The van der Waals surface area contributed by atoms with Crippen LogP contribution in [0.15, 0.2) is 71.3 Å². The summed E-state index contributed by atoms with van der Waals surface area (Å²) in [5.41, 5.74) is 5.00. The van der Waals surface area contributed by atoms with Crippen molar-refractivity contribution in [1.29, 1.82) is 0 Å². The molecule has 1 aromatic heterocycles. The monoisotopic (exact) mass is 450 g/mol. The molecule has 0 radical (unpaired) electrons. The first-order valence-corrected chi connectivity index (χ1v) is 9.09. The number of benzene rings is 2. The largest absolute Gasteiger partial charge is 0.466 e. The lowest BCUT2D eigenvalue weighted by atomic mass is 9.88. The number of nitrogens with two attached hydrogens (primary N) is 1. The summed E-state index contributed by atoms with van der Waals surface area (Å²) in [6, 6.07) is 17.0. The zero-order valence-corrected chi connectivity index (χ0v) is 16.4. The van der Waals surface area contributed by atoms with Gasteiger partial charge in [0.05, 0.1) is 10.7 Å². The molecule has 0 aliphatic heterocycles. The Morgan fingerprint density at radius 2 is 1.58 bits per heavy atom. The molecule has 2 aromatic carbocycles. The van der Waals surface area contributed by atoms with Gasteiger partial charge in [-0.05, 0) is 48.5 Å². The SMILES string of the molecule is NC(=O)C(Oc1ccc(Br)cc1)(c1ccc(Cl)cc1)c1ccc(Cl)cn1. The van der Waals surface area contributed by atoms with Crippen molar-refractivity contribution in [1.82, 2.24) is 4.98 Å². The molecule has 1 unspecified atom stereocenters. The number of rotatable bonds is 5. The van der Waals surface area contributed by atoms with Gasteiger partial charge in [0.25, 0.3) is 11.5 Å². The summed E-state index contributed by atoms with van der Waals surface area (Å²) in [5, 5.41) is 0.965. The van der Waals surface area contributed by atoms with E-state index in [0.717, 1.165) is 4.47 Å². The van der Waals surface area contributed by atoms with Gasteiger partial charge in [0.15, 0.2) is 0 Å². The lowest BCUT2D eigenvalue weighted by molar-refractivity contribution is -0.131. The van der Waals surface area contributed by atoms with Crippen LogP contribution in [0.5, 0.6) is 5.75 Å². The summed E-state index contributed by atoms with van der Waals surface area (Å²) in [6.45, 7) is 0. The molecular formula is C19H13BrCl2N2O2. The molecule has 3 aromatic rings. The summed E-state index contributed by atoms with van der Waals surface area (Å²) < 4.78 is 7.01. The highest BCUT2D eigenvalue weighted by Crippen LogP contribution is 2.35. The third-order valence-corrected chi connectivity index (χ3v) is 4.77. The van der Waals surface area contributed by atoms with Crippen molar-refractivity contribution in [3.8, 4) is 5.75 Å². The summed E-state index contributed by atoms with van der Waals surface area (Å²) in [7, 11) is 0. The van der Waals surface area contributed by atoms with Gasteiger partial charge in [-0.2, -0.15) is 0 Å². The lowest BCUT2D eigenvalue weighted by Gasteiger charge is -2.31. The quantitative estimate of drug-likeness (QED) is 0.596. The predicted octanol–water partition coefficient (Wildman–Crippen LogP) is 4.96. The fraction of sp³-hybridized carbons (Fsp3) is 0.0526. The second-order valence-electron chi connectivity index (χ2n) is 5.47. The Hall–Kier alpha value is -2.08. The molecule has 1 amide bonds. The van der Waals surface area contributed by atoms with E-state index in [-0.39, 0.29) is 0 Å². The van der Waals surface area contributed by atoms with Gasteiger partial charge in [-0.1, -0.05) is 51.3 Å². The Kier molecular flexibility index (Phi) is 5.51. The molecule has 0 fully saturated rings. The van der Waals surface area contributed by atoms with Crippen LogP contribution in [0.3, 0.4) is 0 Å². The molecule has 7 heteroatoms. The van der Waals surface area contributed by atoms with Crippen LogP contribution in [0.1, 0.15) is 11.3 Å². The maximum atomic E-state index is 12.6. The summed E-state index contributed by atoms with van der Waals surface area (Å²) in [6.07, 6.45) is 1.44. The Morgan fingerprint density at radius 3 is 2.12 bits per heavy atom. The number of ether oxygens (including phenoxy) is 1. The highest BCUT2D eigenvalue weighted by atomic mass is 79.9. The number of nitrogens with zero attached hydrogens (tertiary/aromatic N) is 1. The van der Waals surface area contributed by atoms with Crippen LogP contribution in [-0.4, -0.2) is 10.9 Å². The minimum absolute atomic E-state index is 0.319. The Labute approximate surface area is 169 Å². The van der Waals surface area contributed by atoms with E-state index in [1.165, 1.54) is 6.20 Å². The minimum atomic E-state index is -1.64. The first-order valence-electron chi connectivity index (χ1n) is 7.54. The third-order valence-electron chi connectivity index (χ3n) is 3.77. The van der Waals surface area contributed by atoms with Crippen molar-refractivity contribution in [2.45, 2.75) is 5.60 Å². The molecule has 0 saturated heterocycles. The maximum Gasteiger partial charge on any atom is 0.272 e. The fourth-order valence-electron chi connectivity index (χ4n) is 2.53. The van der Waals surface area contributed by atoms with E-state index in [2.05, 4.69) is 20.9 Å². The molecule has 0 aliphatic carbocycles. The zero-order valence-electron chi connectivity index (χ0n) is 13.3. The Morgan fingerprint density at radius 1 is 0.962 bits per heavy atom. The number of carbonyl (C=O) groups is 1. The predicted molar refractivity (Wildman–Crippen MR) is 105 cm³/mol. The number of pyridine rings is 1. The average Bonchev–Trinajstić information content (AvgIpc) is 2.63. The molecule has 0 bridgehead atoms. The molecule has 2 N–H and O–H groups in total. The first kappa shape index (κ1) is 18.7. The number of hydrogen-bond donors (Lipinski definition) is 1. The molecule has 4 nitrogen and oxygen atoms in total. The number of aromatic nitrogens is 1. The highest BCUT2D eigenvalue weighted by molar-refractivity contribution is 9.10. The second kappa shape index (κ2) is 7.66. The van der Waals surface area contributed by atoms with Crippen LogP contribution in [-0.2, 0) is 10.4 Å². The molecular weight excluding hydrogens is 439 g/mol. The van der Waals surface area contributed by atoms with E-state index in [9.17, 15) is 4.79 Å². The number of amides is 1. The molecule has 26 heavy (non-hydrogen) atoms. The summed E-state index contributed by atoms with van der Waals surface area (Å²) in [5.74, 6) is -0.253. The van der Waals surface area contributed by atoms with Gasteiger partial charge in [-0.3, -0.25) is 9.78 Å². The minimum Gasteiger partial charge on any atom is -0.466 e. The molecule has 132 valence electrons. The van der Waals surface area contributed by atoms with Crippen LogP contribution >= 0.6 is 39.1 Å². The molecule has 3 rings (SSSR count). The van der Waals surface area contributed by atoms with Crippen molar-refractivity contribution < 1.29 is 9.53 Å². The number of halogens is 3. The molecule has 0 spiro atoms. The molecule has 0 saturated carbocycles. The van der Waals surface area contributed by atoms with E-state index in [1.54, 1.807) is 60.7 Å². The van der Waals surface area contributed by atoms with E-state index < -0.39 is 11.5 Å². The number of carbonyl (C=O) groups excluding carboxylic acids is 1. The summed E-state index contributed by atoms with van der Waals surface area (Å²) in [4.78, 5) is 16.9. The topological polar surface area (TPSA) is 65.2 Å². The van der Waals surface area contributed by atoms with Crippen molar-refractivity contribution >= 4 is 45.0 Å². The van der Waals surface area contributed by atoms with Crippen molar-refractivity contribution in [2.24, 2.45) is 5.73 Å². The van der Waals surface area contributed by atoms with Crippen LogP contribution in [0.2, 0.25) is 10.0 Å². The molecule has 1 heterocycles. The lowest BCUT2D eigenvalue weighted by Crippen LogP contribution is -2.47. The van der Waals surface area contributed by atoms with Gasteiger partial charge in [0.1, 0.15) is 5.75 Å². The maximum absolute atomic E-state index is 12.6. The van der Waals surface area contributed by atoms with Gasteiger partial charge in [0.2, 0.25) is 0 Å². The van der Waals surface area contributed by atoms with Gasteiger partial charge in [0, 0.05) is 21.3 Å². The summed E-state index contributed by atoms with van der Waals surface area (Å²) >= 11 is 15.3. The molecule has 0 aliphatic rings. The smallest absolute Gasteiger partial charge is 0.272 e. The van der Waals surface area contributed by atoms with E-state index in [0.29, 0.717) is 27.1 Å². The van der Waals surface area contributed by atoms with Crippen LogP contribution in [0, 0.1) is 0 Å². The highest BCUT2D eigenvalue weighted by Gasteiger charge is 2.45. The van der Waals surface area contributed by atoms with Gasteiger partial charge in [-0.25, -0.2) is 0 Å². The van der Waals surface area contributed by atoms with Gasteiger partial charge >= 0.3 is 0 Å². The van der Waals surface area contributed by atoms with Crippen molar-refractivity contribution in [3.63, 3.8) is 0 Å². The standard InChI is InChI=1S/C19H13BrCl2N2O2/c20-13-3-8-16(9-4-13)26-19(18(23)25,12-1-5-14(21)6-2-12)17-10-7-15(22)11-24-17/h1-11H,(H2,23,25). The van der Waals surface area contributed by atoms with Crippen molar-refractivity contribution in [3.05, 3.63) is 92.6 Å². The zero-order chi connectivity index (χ0) is 18.7. The normalized spacial score (nSPS) is 13.0. The fourth-order valence-corrected chi connectivity index (χ4v) is 3.03. The number of primary amides is 1. The Bertz CT molecular complexity index is 868. The molecule has 1 atom stereocenters. The Balaban J connectivity index is 2.20. The number of hydrogen-bond acceptors (Lipinski definition) is 3. The van der Waals surface area contributed by atoms with Crippen LogP contribution in [0.4, 0.5) is 0 Å². The van der Waals surface area contributed by atoms with Crippen LogP contribution < -0.4 is 10.5 Å². The first-order chi connectivity index (χ1) is 12.4. The van der Waals surface area contributed by atoms with E-state index in [4.69, 9.17) is 33.7 Å². The van der Waals surface area contributed by atoms with Crippen LogP contribution in [0.25, 0.3) is 0 Å². The van der Waals surface area contributed by atoms with E-state index in [1.807, 2.05) is 0 Å². The van der Waals surface area contributed by atoms with Gasteiger partial charge in [-0.15, -0.1) is 0 Å². The third kappa shape index (κ3) is 3.70. The second-order valence-corrected chi connectivity index (χ2v) is 7.26. The van der Waals surface area contributed by atoms with E-state index >= 15 is 0 Å².